The molecular weight excluding hydrogens is 618 g/mol. The Labute approximate surface area is 230 Å². The Morgan fingerprint density at radius 3 is 2.15 bits per heavy atom. The fourth-order valence-corrected chi connectivity index (χ4v) is 5.19. The third-order valence-corrected chi connectivity index (χ3v) is 7.28. The number of benzene rings is 3. The number of fused-ring (bicyclic) bond motifs is 1. The molecule has 3 aromatic rings. The van der Waals surface area contributed by atoms with E-state index in [2.05, 4.69) is 21.1 Å². The predicted octanol–water partition coefficient (Wildman–Crippen LogP) is 7.50. The molecule has 5 rings (SSSR count). The normalized spacial score (nSPS) is 19.3. The highest BCUT2D eigenvalue weighted by molar-refractivity contribution is 9.10. The zero-order valence-corrected chi connectivity index (χ0v) is 21.7. The quantitative estimate of drug-likeness (QED) is 0.221. The van der Waals surface area contributed by atoms with E-state index in [1.807, 2.05) is 0 Å². The number of rotatable bonds is 4. The van der Waals surface area contributed by atoms with Crippen molar-refractivity contribution in [3.8, 4) is 0 Å². The molecule has 202 valence electrons. The highest BCUT2D eigenvalue weighted by atomic mass is 79.9. The van der Waals surface area contributed by atoms with Crippen LogP contribution in [-0.2, 0) is 23.2 Å². The Bertz CT molecular complexity index is 1520. The highest BCUT2D eigenvalue weighted by Gasteiger charge is 2.62. The minimum Gasteiger partial charge on any atom is -0.374 e. The van der Waals surface area contributed by atoms with Crippen LogP contribution in [0.3, 0.4) is 0 Å². The van der Waals surface area contributed by atoms with Crippen molar-refractivity contribution in [2.24, 2.45) is 5.16 Å². The van der Waals surface area contributed by atoms with Gasteiger partial charge in [-0.1, -0.05) is 57.0 Å². The maximum absolute atomic E-state index is 14.3. The zero-order chi connectivity index (χ0) is 28.3. The Morgan fingerprint density at radius 1 is 0.949 bits per heavy atom. The number of halogens is 8. The number of carbonyl (C=O) groups is 2. The average molecular weight is 632 g/mol. The molecular formula is C26H14BrClF6N2O3. The molecule has 0 saturated carbocycles. The van der Waals surface area contributed by atoms with Crippen LogP contribution in [0.4, 0.5) is 26.3 Å². The minimum atomic E-state index is -5.13. The first-order valence-electron chi connectivity index (χ1n) is 11.2. The lowest BCUT2D eigenvalue weighted by Crippen LogP contribution is -2.43. The molecule has 1 unspecified atom stereocenters. The highest BCUT2D eigenvalue weighted by Crippen LogP contribution is 2.50. The number of oxime groups is 1. The van der Waals surface area contributed by atoms with E-state index in [0.29, 0.717) is 17.7 Å². The number of amides is 2. The summed E-state index contributed by atoms with van der Waals surface area (Å²) in [6.45, 7) is -0.181. The monoisotopic (exact) mass is 630 g/mol. The van der Waals surface area contributed by atoms with Gasteiger partial charge in [0.1, 0.15) is 0 Å². The summed E-state index contributed by atoms with van der Waals surface area (Å²) in [5.74, 6) is -1.02. The molecule has 2 aliphatic rings. The fraction of sp³-hybridized carbons (Fsp3) is 0.192. The summed E-state index contributed by atoms with van der Waals surface area (Å²) in [4.78, 5) is 31.2. The van der Waals surface area contributed by atoms with Crippen LogP contribution in [0.2, 0.25) is 5.02 Å². The van der Waals surface area contributed by atoms with E-state index >= 15 is 0 Å². The van der Waals surface area contributed by atoms with Crippen molar-refractivity contribution in [3.05, 3.63) is 104 Å². The van der Waals surface area contributed by atoms with Crippen molar-refractivity contribution in [1.82, 2.24) is 4.90 Å². The van der Waals surface area contributed by atoms with Crippen LogP contribution < -0.4 is 0 Å². The van der Waals surface area contributed by atoms with Gasteiger partial charge in [0, 0.05) is 27.0 Å². The maximum Gasteiger partial charge on any atom is 0.435 e. The number of alkyl halides is 6. The molecule has 3 aromatic carbocycles. The van der Waals surface area contributed by atoms with Gasteiger partial charge in [-0.15, -0.1) is 0 Å². The van der Waals surface area contributed by atoms with Crippen molar-refractivity contribution in [2.75, 3.05) is 0 Å². The maximum atomic E-state index is 14.3. The van der Waals surface area contributed by atoms with E-state index in [4.69, 9.17) is 16.4 Å². The van der Waals surface area contributed by atoms with E-state index in [-0.39, 0.29) is 38.4 Å². The molecule has 2 amide bonds. The molecule has 0 N–H and O–H groups in total. The van der Waals surface area contributed by atoms with Gasteiger partial charge in [-0.25, -0.2) is 0 Å². The van der Waals surface area contributed by atoms with Crippen LogP contribution in [-0.4, -0.2) is 28.6 Å². The minimum absolute atomic E-state index is 0.0399. The van der Waals surface area contributed by atoms with Gasteiger partial charge >= 0.3 is 12.4 Å². The topological polar surface area (TPSA) is 59.0 Å². The summed E-state index contributed by atoms with van der Waals surface area (Å²) in [6, 6.07) is 12.4. The predicted molar refractivity (Wildman–Crippen MR) is 131 cm³/mol. The standard InChI is InChI=1S/C26H14BrClF6N2O3/c27-17-9-15(8-16(10-17)25(29,30)31)24(26(32,33)34)11-21(35-39-24)13-5-6-14(20(28)7-13)12-36-22(37)18-3-1-2-4-19(18)23(36)38/h1-10H,11-12H2. The van der Waals surface area contributed by atoms with E-state index < -0.39 is 47.3 Å². The van der Waals surface area contributed by atoms with Gasteiger partial charge in [0.25, 0.3) is 17.4 Å². The molecule has 1 atom stereocenters. The number of carbonyl (C=O) groups excluding carboxylic acids is 2. The van der Waals surface area contributed by atoms with E-state index in [1.54, 1.807) is 12.1 Å². The second-order valence-electron chi connectivity index (χ2n) is 8.91. The molecule has 0 bridgehead atoms. The van der Waals surface area contributed by atoms with Gasteiger partial charge in [-0.3, -0.25) is 14.5 Å². The van der Waals surface area contributed by atoms with E-state index in [1.165, 1.54) is 30.3 Å². The summed E-state index contributed by atoms with van der Waals surface area (Å²) in [5, 5.41) is 3.61. The summed E-state index contributed by atoms with van der Waals surface area (Å²) in [6.07, 6.45) is -10.9. The van der Waals surface area contributed by atoms with Gasteiger partial charge in [-0.2, -0.15) is 26.3 Å². The molecule has 0 fully saturated rings. The zero-order valence-electron chi connectivity index (χ0n) is 19.3. The Morgan fingerprint density at radius 2 is 1.59 bits per heavy atom. The van der Waals surface area contributed by atoms with Crippen molar-refractivity contribution >= 4 is 45.1 Å². The molecule has 5 nitrogen and oxygen atoms in total. The van der Waals surface area contributed by atoms with Crippen molar-refractivity contribution in [3.63, 3.8) is 0 Å². The van der Waals surface area contributed by atoms with Gasteiger partial charge in [-0.05, 0) is 42.0 Å². The molecule has 0 radical (unpaired) electrons. The Hall–Kier alpha value is -3.38. The molecule has 39 heavy (non-hydrogen) atoms. The first-order valence-corrected chi connectivity index (χ1v) is 12.3. The molecule has 2 aliphatic heterocycles. The third kappa shape index (κ3) is 4.69. The SMILES string of the molecule is O=C1c2ccccc2C(=O)N1Cc1ccc(C2=NOC(c3cc(Br)cc(C(F)(F)F)c3)(C(F)(F)F)C2)cc1Cl. The summed E-state index contributed by atoms with van der Waals surface area (Å²) in [7, 11) is 0. The summed E-state index contributed by atoms with van der Waals surface area (Å²) < 4.78 is 82.7. The number of imide groups is 1. The van der Waals surface area contributed by atoms with Gasteiger partial charge < -0.3 is 4.84 Å². The van der Waals surface area contributed by atoms with Crippen LogP contribution in [0.15, 0.2) is 70.3 Å². The lowest BCUT2D eigenvalue weighted by atomic mass is 9.85. The molecule has 13 heteroatoms. The summed E-state index contributed by atoms with van der Waals surface area (Å²) >= 11 is 9.21. The number of hydrogen-bond donors (Lipinski definition) is 0. The molecule has 2 heterocycles. The second-order valence-corrected chi connectivity index (χ2v) is 10.2. The molecule has 0 spiro atoms. The second kappa shape index (κ2) is 9.37. The number of nitrogens with zero attached hydrogens (tertiary/aromatic N) is 2. The molecule has 0 aromatic heterocycles. The smallest absolute Gasteiger partial charge is 0.374 e. The molecule has 0 aliphatic carbocycles. The van der Waals surface area contributed by atoms with E-state index in [9.17, 15) is 35.9 Å². The van der Waals surface area contributed by atoms with E-state index in [0.717, 1.165) is 11.0 Å². The Balaban J connectivity index is 1.42. The van der Waals surface area contributed by atoms with Crippen LogP contribution in [0.5, 0.6) is 0 Å². The largest absolute Gasteiger partial charge is 0.435 e. The van der Waals surface area contributed by atoms with Crippen molar-refractivity contribution in [2.45, 2.75) is 30.9 Å². The van der Waals surface area contributed by atoms with Crippen LogP contribution in [0, 0.1) is 0 Å². The lowest BCUT2D eigenvalue weighted by molar-refractivity contribution is -0.276. The van der Waals surface area contributed by atoms with Crippen LogP contribution in [0.1, 0.15) is 49.4 Å². The third-order valence-electron chi connectivity index (χ3n) is 6.47. The Kier molecular flexibility index (Phi) is 6.53. The van der Waals surface area contributed by atoms with Gasteiger partial charge in [0.15, 0.2) is 0 Å². The first kappa shape index (κ1) is 27.2. The van der Waals surface area contributed by atoms with Gasteiger partial charge in [0.05, 0.1) is 28.9 Å². The average Bonchev–Trinajstić information content (AvgIpc) is 3.42. The van der Waals surface area contributed by atoms with Crippen LogP contribution in [0.25, 0.3) is 0 Å². The first-order chi connectivity index (χ1) is 18.2. The number of hydrogen-bond acceptors (Lipinski definition) is 4. The lowest BCUT2D eigenvalue weighted by Gasteiger charge is -2.30. The van der Waals surface area contributed by atoms with Crippen molar-refractivity contribution < 1.29 is 40.8 Å². The van der Waals surface area contributed by atoms with Crippen molar-refractivity contribution in [1.29, 1.82) is 0 Å². The van der Waals surface area contributed by atoms with Gasteiger partial charge in [0.2, 0.25) is 0 Å². The molecule has 0 saturated heterocycles. The van der Waals surface area contributed by atoms with Crippen LogP contribution >= 0.6 is 27.5 Å². The summed E-state index contributed by atoms with van der Waals surface area (Å²) in [5.41, 5.74) is -4.46. The fourth-order valence-electron chi connectivity index (χ4n) is 4.45.